The molecule has 0 saturated carbocycles. The van der Waals surface area contributed by atoms with Crippen LogP contribution in [0.3, 0.4) is 0 Å². The van der Waals surface area contributed by atoms with Gasteiger partial charge in [-0.25, -0.2) is 4.98 Å². The fourth-order valence-corrected chi connectivity index (χ4v) is 4.57. The first kappa shape index (κ1) is 21.1. The van der Waals surface area contributed by atoms with Crippen LogP contribution in [-0.2, 0) is 11.3 Å². The van der Waals surface area contributed by atoms with Crippen LogP contribution in [-0.4, -0.2) is 38.2 Å². The normalized spacial score (nSPS) is 15.2. The topological polar surface area (TPSA) is 75.9 Å². The molecule has 1 aliphatic heterocycles. The Morgan fingerprint density at radius 1 is 1.19 bits per heavy atom. The van der Waals surface area contributed by atoms with Crippen LogP contribution in [0.2, 0.25) is 0 Å². The van der Waals surface area contributed by atoms with Crippen LogP contribution in [0.15, 0.2) is 58.4 Å². The number of methoxy groups -OCH3 is 1. The molecular formula is C22H20N4O3S2. The zero-order chi connectivity index (χ0) is 22.0. The molecule has 9 heteroatoms. The van der Waals surface area contributed by atoms with Crippen molar-refractivity contribution in [2.45, 2.75) is 13.5 Å². The number of hydrogen-bond donors (Lipinski definition) is 1. The number of thiocarbonyl (C=S) groups is 1. The van der Waals surface area contributed by atoms with E-state index in [1.807, 2.05) is 37.3 Å². The van der Waals surface area contributed by atoms with Gasteiger partial charge in [-0.1, -0.05) is 42.2 Å². The number of rotatable bonds is 6. The Bertz CT molecular complexity index is 1250. The molecule has 1 aromatic carbocycles. The summed E-state index contributed by atoms with van der Waals surface area (Å²) in [4.78, 5) is 32.4. The highest BCUT2D eigenvalue weighted by atomic mass is 32.2. The number of ether oxygens (including phenoxy) is 1. The van der Waals surface area contributed by atoms with E-state index >= 15 is 0 Å². The Morgan fingerprint density at radius 3 is 2.65 bits per heavy atom. The summed E-state index contributed by atoms with van der Waals surface area (Å²) in [6.07, 6.45) is 3.24. The summed E-state index contributed by atoms with van der Waals surface area (Å²) < 4.78 is 7.14. The van der Waals surface area contributed by atoms with Crippen molar-refractivity contribution in [3.05, 3.63) is 75.0 Å². The molecule has 158 valence electrons. The molecule has 0 bridgehead atoms. The fraction of sp³-hybridized carbons (Fsp3) is 0.182. The van der Waals surface area contributed by atoms with Gasteiger partial charge in [0.05, 0.1) is 17.6 Å². The highest BCUT2D eigenvalue weighted by Crippen LogP contribution is 2.32. The summed E-state index contributed by atoms with van der Waals surface area (Å²) in [5.74, 6) is 0.981. The van der Waals surface area contributed by atoms with Gasteiger partial charge in [0.1, 0.15) is 21.5 Å². The van der Waals surface area contributed by atoms with Crippen molar-refractivity contribution in [1.29, 1.82) is 0 Å². The third kappa shape index (κ3) is 4.19. The summed E-state index contributed by atoms with van der Waals surface area (Å²) in [6.45, 7) is 2.80. The van der Waals surface area contributed by atoms with Gasteiger partial charge in [-0.2, -0.15) is 0 Å². The third-order valence-electron chi connectivity index (χ3n) is 4.85. The number of hydrogen-bond acceptors (Lipinski definition) is 7. The van der Waals surface area contributed by atoms with Crippen LogP contribution in [0.5, 0.6) is 5.75 Å². The average molecular weight is 453 g/mol. The first-order valence-electron chi connectivity index (χ1n) is 9.65. The Kier molecular flexibility index (Phi) is 6.06. The number of amides is 1. The number of benzene rings is 1. The lowest BCUT2D eigenvalue weighted by atomic mass is 10.2. The molecule has 1 saturated heterocycles. The summed E-state index contributed by atoms with van der Waals surface area (Å²) in [5.41, 5.74) is 1.57. The fourth-order valence-electron chi connectivity index (χ4n) is 3.20. The quantitative estimate of drug-likeness (QED) is 0.453. The average Bonchev–Trinajstić information content (AvgIpc) is 3.06. The molecule has 0 unspecified atom stereocenters. The molecule has 3 aromatic rings. The first-order chi connectivity index (χ1) is 15.0. The Labute approximate surface area is 188 Å². The van der Waals surface area contributed by atoms with E-state index in [1.54, 1.807) is 31.5 Å². The smallest absolute Gasteiger partial charge is 0.267 e. The lowest BCUT2D eigenvalue weighted by molar-refractivity contribution is -0.121. The van der Waals surface area contributed by atoms with Gasteiger partial charge < -0.3 is 10.1 Å². The van der Waals surface area contributed by atoms with Crippen molar-refractivity contribution in [3.8, 4) is 5.75 Å². The van der Waals surface area contributed by atoms with E-state index in [1.165, 1.54) is 21.1 Å². The van der Waals surface area contributed by atoms with Crippen LogP contribution in [0.4, 0.5) is 5.82 Å². The maximum Gasteiger partial charge on any atom is 0.267 e. The molecule has 0 radical (unpaired) electrons. The lowest BCUT2D eigenvalue weighted by Gasteiger charge is -2.12. The minimum absolute atomic E-state index is 0.198. The molecule has 0 atom stereocenters. The number of nitrogens with one attached hydrogen (secondary N) is 1. The zero-order valence-electron chi connectivity index (χ0n) is 17.0. The van der Waals surface area contributed by atoms with Gasteiger partial charge in [0.25, 0.3) is 11.5 Å². The molecule has 31 heavy (non-hydrogen) atoms. The summed E-state index contributed by atoms with van der Waals surface area (Å²) in [5, 5.41) is 3.25. The maximum absolute atomic E-state index is 13.2. The van der Waals surface area contributed by atoms with E-state index in [-0.39, 0.29) is 11.5 Å². The second-order valence-electron chi connectivity index (χ2n) is 6.74. The van der Waals surface area contributed by atoms with Crippen LogP contribution in [0.25, 0.3) is 11.7 Å². The molecule has 4 rings (SSSR count). The highest BCUT2D eigenvalue weighted by Gasteiger charge is 2.31. The summed E-state index contributed by atoms with van der Waals surface area (Å²) in [6, 6.07) is 13.0. The van der Waals surface area contributed by atoms with Gasteiger partial charge in [-0.05, 0) is 42.8 Å². The van der Waals surface area contributed by atoms with Crippen LogP contribution >= 0.6 is 24.0 Å². The molecule has 1 aliphatic rings. The van der Waals surface area contributed by atoms with E-state index in [0.29, 0.717) is 39.3 Å². The van der Waals surface area contributed by atoms with Crippen molar-refractivity contribution < 1.29 is 9.53 Å². The molecule has 1 N–H and O–H groups in total. The van der Waals surface area contributed by atoms with Crippen molar-refractivity contribution in [3.63, 3.8) is 0 Å². The van der Waals surface area contributed by atoms with E-state index < -0.39 is 0 Å². The third-order valence-corrected chi connectivity index (χ3v) is 6.23. The Hall–Kier alpha value is -3.17. The predicted molar refractivity (Wildman–Crippen MR) is 127 cm³/mol. The van der Waals surface area contributed by atoms with Crippen LogP contribution in [0, 0.1) is 0 Å². The highest BCUT2D eigenvalue weighted by molar-refractivity contribution is 8.26. The molecule has 0 aliphatic carbocycles. The molecule has 0 spiro atoms. The number of thioether (sulfide) groups is 1. The standard InChI is InChI=1S/C22H20N4O3S2/c1-3-25-21(28)17(31-22(25)30)12-16-19(23-13-14-7-9-15(29-2)10-8-14)24-18-6-4-5-11-26(18)20(16)27/h4-12,23H,3,13H2,1-2H3/b17-12-. The van der Waals surface area contributed by atoms with Gasteiger partial charge in [0, 0.05) is 19.3 Å². The molecule has 1 fully saturated rings. The van der Waals surface area contributed by atoms with Crippen molar-refractivity contribution in [2.75, 3.05) is 19.0 Å². The molecule has 7 nitrogen and oxygen atoms in total. The van der Waals surface area contributed by atoms with Crippen LogP contribution < -0.4 is 15.6 Å². The number of aromatic nitrogens is 2. The summed E-state index contributed by atoms with van der Waals surface area (Å²) in [7, 11) is 1.62. The monoisotopic (exact) mass is 452 g/mol. The number of likely N-dealkylation sites (N-methyl/N-ethyl adjacent to an activating group) is 1. The Balaban J connectivity index is 1.75. The van der Waals surface area contributed by atoms with Crippen LogP contribution in [0.1, 0.15) is 18.1 Å². The minimum Gasteiger partial charge on any atom is -0.497 e. The van der Waals surface area contributed by atoms with E-state index in [0.717, 1.165) is 11.3 Å². The van der Waals surface area contributed by atoms with Crippen molar-refractivity contribution >= 4 is 51.7 Å². The number of nitrogens with zero attached hydrogens (tertiary/aromatic N) is 3. The van der Waals surface area contributed by atoms with Gasteiger partial charge in [-0.15, -0.1) is 0 Å². The number of fused-ring (bicyclic) bond motifs is 1. The molecule has 2 aromatic heterocycles. The number of anilines is 1. The first-order valence-corrected chi connectivity index (χ1v) is 10.9. The summed E-state index contributed by atoms with van der Waals surface area (Å²) >= 11 is 6.48. The van der Waals surface area contributed by atoms with Crippen molar-refractivity contribution in [2.24, 2.45) is 0 Å². The van der Waals surface area contributed by atoms with E-state index in [2.05, 4.69) is 10.3 Å². The SMILES string of the molecule is CCN1C(=O)/C(=C/c2c(NCc3ccc(OC)cc3)nc3ccccn3c2=O)SC1=S. The van der Waals surface area contributed by atoms with E-state index in [9.17, 15) is 9.59 Å². The van der Waals surface area contributed by atoms with Gasteiger partial charge in [0.2, 0.25) is 0 Å². The number of pyridine rings is 1. The largest absolute Gasteiger partial charge is 0.497 e. The minimum atomic E-state index is -0.260. The number of carbonyl (C=O) groups is 1. The molecule has 1 amide bonds. The second kappa shape index (κ2) is 8.91. The van der Waals surface area contributed by atoms with Gasteiger partial charge >= 0.3 is 0 Å². The van der Waals surface area contributed by atoms with Crippen molar-refractivity contribution in [1.82, 2.24) is 14.3 Å². The predicted octanol–water partition coefficient (Wildman–Crippen LogP) is 3.54. The second-order valence-corrected chi connectivity index (χ2v) is 8.41. The van der Waals surface area contributed by atoms with E-state index in [4.69, 9.17) is 17.0 Å². The Morgan fingerprint density at radius 2 is 1.97 bits per heavy atom. The number of carbonyl (C=O) groups excluding carboxylic acids is 1. The van der Waals surface area contributed by atoms with Gasteiger partial charge in [0.15, 0.2) is 0 Å². The maximum atomic E-state index is 13.2. The molecule has 3 heterocycles. The molecular weight excluding hydrogens is 432 g/mol. The van der Waals surface area contributed by atoms with Gasteiger partial charge in [-0.3, -0.25) is 18.9 Å². The lowest BCUT2D eigenvalue weighted by Crippen LogP contribution is -2.27. The zero-order valence-corrected chi connectivity index (χ0v) is 18.6.